The molecule has 2 rings (SSSR count). The van der Waals surface area contributed by atoms with Crippen LogP contribution in [0.4, 0.5) is 4.39 Å². The highest BCUT2D eigenvalue weighted by atomic mass is 79.9. The number of carbonyl (C=O) groups excluding carboxylic acids is 1. The summed E-state index contributed by atoms with van der Waals surface area (Å²) < 4.78 is 13.7. The minimum absolute atomic E-state index is 0.139. The lowest BCUT2D eigenvalue weighted by Crippen LogP contribution is -2.22. The second-order valence-electron chi connectivity index (χ2n) is 4.01. The van der Waals surface area contributed by atoms with E-state index in [-0.39, 0.29) is 23.8 Å². The number of hydrogen-bond donors (Lipinski definition) is 2. The molecule has 0 aromatic heterocycles. The molecule has 19 heavy (non-hydrogen) atoms. The van der Waals surface area contributed by atoms with E-state index in [2.05, 4.69) is 21.2 Å². The molecular formula is C14H11BrFNO2. The van der Waals surface area contributed by atoms with Crippen LogP contribution in [0.1, 0.15) is 15.9 Å². The number of nitrogens with one attached hydrogen (secondary N) is 1. The van der Waals surface area contributed by atoms with Gasteiger partial charge in [0.2, 0.25) is 0 Å². The van der Waals surface area contributed by atoms with E-state index in [9.17, 15) is 14.3 Å². The Bertz CT molecular complexity index is 596. The van der Waals surface area contributed by atoms with E-state index < -0.39 is 5.82 Å². The molecule has 0 atom stereocenters. The molecule has 0 unspecified atom stereocenters. The molecule has 1 amide bonds. The lowest BCUT2D eigenvalue weighted by molar-refractivity contribution is 0.0950. The van der Waals surface area contributed by atoms with E-state index in [0.29, 0.717) is 4.47 Å². The highest BCUT2D eigenvalue weighted by Crippen LogP contribution is 2.15. The third-order valence-corrected chi connectivity index (χ3v) is 2.95. The van der Waals surface area contributed by atoms with Gasteiger partial charge in [-0.05, 0) is 35.9 Å². The van der Waals surface area contributed by atoms with E-state index in [4.69, 9.17) is 0 Å². The molecule has 0 fully saturated rings. The average molecular weight is 324 g/mol. The average Bonchev–Trinajstić information content (AvgIpc) is 2.35. The number of phenolic OH excluding ortho intramolecular Hbond substituents is 1. The lowest BCUT2D eigenvalue weighted by atomic mass is 10.2. The molecule has 2 N–H and O–H groups in total. The van der Waals surface area contributed by atoms with Crippen LogP contribution in [0.25, 0.3) is 0 Å². The Hall–Kier alpha value is -1.88. The van der Waals surface area contributed by atoms with Crippen molar-refractivity contribution in [3.63, 3.8) is 0 Å². The van der Waals surface area contributed by atoms with Crippen molar-refractivity contribution in [2.75, 3.05) is 0 Å². The molecule has 3 nitrogen and oxygen atoms in total. The van der Waals surface area contributed by atoms with Crippen LogP contribution >= 0.6 is 15.9 Å². The molecule has 0 heterocycles. The lowest BCUT2D eigenvalue weighted by Gasteiger charge is -2.06. The van der Waals surface area contributed by atoms with E-state index >= 15 is 0 Å². The van der Waals surface area contributed by atoms with Crippen LogP contribution in [0.15, 0.2) is 46.9 Å². The van der Waals surface area contributed by atoms with Crippen LogP contribution in [0, 0.1) is 5.82 Å². The summed E-state index contributed by atoms with van der Waals surface area (Å²) in [6.07, 6.45) is 0. The molecule has 0 aliphatic carbocycles. The maximum atomic E-state index is 13.2. The molecule has 0 bridgehead atoms. The van der Waals surface area contributed by atoms with Crippen molar-refractivity contribution in [2.45, 2.75) is 6.54 Å². The zero-order chi connectivity index (χ0) is 13.8. The number of rotatable bonds is 3. The van der Waals surface area contributed by atoms with Gasteiger partial charge in [-0.3, -0.25) is 4.79 Å². The van der Waals surface area contributed by atoms with Crippen molar-refractivity contribution in [1.29, 1.82) is 0 Å². The van der Waals surface area contributed by atoms with E-state index in [0.717, 1.165) is 5.56 Å². The van der Waals surface area contributed by atoms with Gasteiger partial charge in [-0.2, -0.15) is 0 Å². The van der Waals surface area contributed by atoms with Gasteiger partial charge < -0.3 is 10.4 Å². The van der Waals surface area contributed by atoms with Crippen LogP contribution < -0.4 is 5.32 Å². The molecular weight excluding hydrogens is 313 g/mol. The van der Waals surface area contributed by atoms with E-state index in [1.807, 2.05) is 0 Å². The predicted molar refractivity (Wildman–Crippen MR) is 73.4 cm³/mol. The van der Waals surface area contributed by atoms with Crippen molar-refractivity contribution >= 4 is 21.8 Å². The van der Waals surface area contributed by atoms with Crippen LogP contribution in [0.3, 0.4) is 0 Å². The van der Waals surface area contributed by atoms with Gasteiger partial charge in [0.15, 0.2) is 0 Å². The normalized spacial score (nSPS) is 10.2. The van der Waals surface area contributed by atoms with Crippen LogP contribution in [0.5, 0.6) is 5.75 Å². The summed E-state index contributed by atoms with van der Waals surface area (Å²) in [4.78, 5) is 11.8. The van der Waals surface area contributed by atoms with Gasteiger partial charge in [0.1, 0.15) is 11.6 Å². The van der Waals surface area contributed by atoms with Gasteiger partial charge in [-0.1, -0.05) is 28.1 Å². The SMILES string of the molecule is O=C(NCc1cccc(O)c1)c1cc(F)cc(Br)c1. The Morgan fingerprint density at radius 2 is 2.05 bits per heavy atom. The number of carbonyl (C=O) groups is 1. The van der Waals surface area contributed by atoms with Gasteiger partial charge in [-0.25, -0.2) is 4.39 Å². The zero-order valence-corrected chi connectivity index (χ0v) is 11.4. The third-order valence-electron chi connectivity index (χ3n) is 2.49. The molecule has 2 aromatic rings. The molecule has 0 saturated heterocycles. The Labute approximate surface area is 118 Å². The second kappa shape index (κ2) is 5.84. The van der Waals surface area contributed by atoms with Crippen LogP contribution in [0.2, 0.25) is 0 Å². The summed E-state index contributed by atoms with van der Waals surface area (Å²) in [6.45, 7) is 0.265. The first kappa shape index (κ1) is 13.5. The fraction of sp³-hybridized carbons (Fsp3) is 0.0714. The van der Waals surface area contributed by atoms with Crippen molar-refractivity contribution in [2.24, 2.45) is 0 Å². The fourth-order valence-corrected chi connectivity index (χ4v) is 2.10. The minimum Gasteiger partial charge on any atom is -0.508 e. The van der Waals surface area contributed by atoms with Crippen LogP contribution in [-0.2, 0) is 6.54 Å². The molecule has 2 aromatic carbocycles. The van der Waals surface area contributed by atoms with Crippen molar-refractivity contribution in [3.8, 4) is 5.75 Å². The quantitative estimate of drug-likeness (QED) is 0.911. The number of halogens is 2. The van der Waals surface area contributed by atoms with Crippen molar-refractivity contribution in [3.05, 3.63) is 63.9 Å². The third kappa shape index (κ3) is 3.79. The number of aromatic hydroxyl groups is 1. The number of benzene rings is 2. The first-order valence-electron chi connectivity index (χ1n) is 5.57. The van der Waals surface area contributed by atoms with Crippen molar-refractivity contribution < 1.29 is 14.3 Å². The summed E-state index contributed by atoms with van der Waals surface area (Å²) >= 11 is 3.13. The van der Waals surface area contributed by atoms with Gasteiger partial charge in [0.25, 0.3) is 5.91 Å². The largest absolute Gasteiger partial charge is 0.508 e. The number of amides is 1. The van der Waals surface area contributed by atoms with E-state index in [1.54, 1.807) is 30.3 Å². The molecule has 0 aliphatic rings. The summed E-state index contributed by atoms with van der Waals surface area (Å²) in [5.41, 5.74) is 1.01. The van der Waals surface area contributed by atoms with Gasteiger partial charge in [-0.15, -0.1) is 0 Å². The van der Waals surface area contributed by atoms with Gasteiger partial charge in [0.05, 0.1) is 0 Å². The fourth-order valence-electron chi connectivity index (χ4n) is 1.64. The topological polar surface area (TPSA) is 49.3 Å². The highest BCUT2D eigenvalue weighted by Gasteiger charge is 2.08. The second-order valence-corrected chi connectivity index (χ2v) is 4.93. The summed E-state index contributed by atoms with van der Waals surface area (Å²) in [7, 11) is 0. The first-order valence-corrected chi connectivity index (χ1v) is 6.36. The summed E-state index contributed by atoms with van der Waals surface area (Å²) in [5, 5.41) is 12.0. The standard InChI is InChI=1S/C14H11BrFNO2/c15-11-5-10(6-12(16)7-11)14(19)17-8-9-2-1-3-13(18)4-9/h1-7,18H,8H2,(H,17,19). The Balaban J connectivity index is 2.05. The summed E-state index contributed by atoms with van der Waals surface area (Å²) in [6, 6.07) is 10.6. The maximum absolute atomic E-state index is 13.2. The molecule has 0 saturated carbocycles. The predicted octanol–water partition coefficient (Wildman–Crippen LogP) is 3.22. The number of phenols is 1. The van der Waals surface area contributed by atoms with Crippen LogP contribution in [-0.4, -0.2) is 11.0 Å². The number of hydrogen-bond acceptors (Lipinski definition) is 2. The monoisotopic (exact) mass is 323 g/mol. The maximum Gasteiger partial charge on any atom is 0.251 e. The molecule has 0 spiro atoms. The smallest absolute Gasteiger partial charge is 0.251 e. The zero-order valence-electron chi connectivity index (χ0n) is 9.86. The Morgan fingerprint density at radius 3 is 2.74 bits per heavy atom. The van der Waals surface area contributed by atoms with Gasteiger partial charge >= 0.3 is 0 Å². The molecule has 5 heteroatoms. The highest BCUT2D eigenvalue weighted by molar-refractivity contribution is 9.10. The molecule has 98 valence electrons. The van der Waals surface area contributed by atoms with Crippen molar-refractivity contribution in [1.82, 2.24) is 5.32 Å². The molecule has 0 aliphatic heterocycles. The summed E-state index contributed by atoms with van der Waals surface area (Å²) in [5.74, 6) is -0.708. The Kier molecular flexibility index (Phi) is 4.16. The van der Waals surface area contributed by atoms with E-state index in [1.165, 1.54) is 12.1 Å². The van der Waals surface area contributed by atoms with Gasteiger partial charge in [0, 0.05) is 16.6 Å². The Morgan fingerprint density at radius 1 is 1.26 bits per heavy atom. The minimum atomic E-state index is -0.475. The molecule has 0 radical (unpaired) electrons. The first-order chi connectivity index (χ1) is 9.04.